The maximum absolute atomic E-state index is 12.0. The molecule has 146 valence electrons. The van der Waals surface area contributed by atoms with Crippen LogP contribution in [0.4, 0.5) is 11.6 Å². The molecule has 0 atom stereocenters. The zero-order valence-electron chi connectivity index (χ0n) is 16.1. The molecule has 0 spiro atoms. The van der Waals surface area contributed by atoms with Gasteiger partial charge in [-0.05, 0) is 38.3 Å². The van der Waals surface area contributed by atoms with Crippen molar-refractivity contribution in [3.63, 3.8) is 0 Å². The molecule has 4 rings (SSSR count). The second-order valence-corrected chi connectivity index (χ2v) is 6.99. The highest BCUT2D eigenvalue weighted by Gasteiger charge is 2.26. The van der Waals surface area contributed by atoms with Crippen LogP contribution in [0, 0.1) is 6.92 Å². The molecule has 2 aromatic heterocycles. The Morgan fingerprint density at radius 2 is 2.04 bits per heavy atom. The molecule has 0 aliphatic carbocycles. The Morgan fingerprint density at radius 1 is 1.25 bits per heavy atom. The summed E-state index contributed by atoms with van der Waals surface area (Å²) < 4.78 is 6.91. The molecular weight excluding hydrogens is 356 g/mol. The van der Waals surface area contributed by atoms with Gasteiger partial charge in [0.05, 0.1) is 18.5 Å². The van der Waals surface area contributed by atoms with E-state index in [0.29, 0.717) is 12.4 Å². The van der Waals surface area contributed by atoms with Crippen LogP contribution in [0.25, 0.3) is 10.9 Å². The summed E-state index contributed by atoms with van der Waals surface area (Å²) in [6, 6.07) is 6.32. The Morgan fingerprint density at radius 3 is 2.79 bits per heavy atom. The Labute approximate surface area is 163 Å². The summed E-state index contributed by atoms with van der Waals surface area (Å²) in [4.78, 5) is 27.4. The van der Waals surface area contributed by atoms with Gasteiger partial charge >= 0.3 is 5.97 Å². The summed E-state index contributed by atoms with van der Waals surface area (Å²) in [6.07, 6.45) is 5.05. The Balaban J connectivity index is 1.53. The number of aryl methyl sites for hydroxylation is 1. The third-order valence-electron chi connectivity index (χ3n) is 5.31. The number of imidazole rings is 1. The lowest BCUT2D eigenvalue weighted by Gasteiger charge is -2.34. The van der Waals surface area contributed by atoms with Crippen LogP contribution in [0.2, 0.25) is 0 Å². The van der Waals surface area contributed by atoms with Crippen molar-refractivity contribution in [1.29, 1.82) is 0 Å². The molecule has 2 N–H and O–H groups in total. The van der Waals surface area contributed by atoms with E-state index in [9.17, 15) is 4.79 Å². The molecule has 3 heterocycles. The molecule has 0 saturated carbocycles. The predicted molar refractivity (Wildman–Crippen MR) is 107 cm³/mol. The minimum atomic E-state index is -0.473. The van der Waals surface area contributed by atoms with Gasteiger partial charge in [-0.3, -0.25) is 0 Å². The largest absolute Gasteiger partial charge is 0.461 e. The number of nitrogen functional groups attached to an aromatic ring is 1. The van der Waals surface area contributed by atoms with Gasteiger partial charge in [-0.15, -0.1) is 0 Å². The van der Waals surface area contributed by atoms with E-state index >= 15 is 0 Å². The maximum Gasteiger partial charge on any atom is 0.360 e. The Bertz CT molecular complexity index is 1000. The first kappa shape index (κ1) is 18.2. The Hall–Kier alpha value is -3.16. The zero-order chi connectivity index (χ0) is 19.7. The van der Waals surface area contributed by atoms with Crippen molar-refractivity contribution in [3.05, 3.63) is 42.1 Å². The number of carbonyl (C=O) groups excluding carboxylic acids is 1. The number of esters is 1. The summed E-state index contributed by atoms with van der Waals surface area (Å²) in [7, 11) is 0. The molecule has 0 radical (unpaired) electrons. The van der Waals surface area contributed by atoms with Crippen LogP contribution in [-0.4, -0.2) is 45.2 Å². The molecule has 3 aromatic rings. The second-order valence-electron chi connectivity index (χ2n) is 6.99. The van der Waals surface area contributed by atoms with E-state index in [4.69, 9.17) is 10.5 Å². The molecule has 8 heteroatoms. The quantitative estimate of drug-likeness (QED) is 0.695. The first-order chi connectivity index (χ1) is 13.6. The lowest BCUT2D eigenvalue weighted by atomic mass is 10.0. The van der Waals surface area contributed by atoms with Crippen LogP contribution in [0.3, 0.4) is 0 Å². The topological polar surface area (TPSA) is 99.2 Å². The normalized spacial score (nSPS) is 15.1. The summed E-state index contributed by atoms with van der Waals surface area (Å²) >= 11 is 0. The van der Waals surface area contributed by atoms with Crippen molar-refractivity contribution in [2.45, 2.75) is 32.7 Å². The number of carbonyl (C=O) groups is 1. The van der Waals surface area contributed by atoms with Gasteiger partial charge in [0, 0.05) is 24.5 Å². The van der Waals surface area contributed by atoms with Crippen LogP contribution in [0.1, 0.15) is 41.9 Å². The second kappa shape index (κ2) is 7.46. The van der Waals surface area contributed by atoms with Crippen LogP contribution in [0.5, 0.6) is 0 Å². The minimum absolute atomic E-state index is 0.195. The van der Waals surface area contributed by atoms with E-state index in [-0.39, 0.29) is 11.7 Å². The third-order valence-corrected chi connectivity index (χ3v) is 5.31. The molecule has 8 nitrogen and oxygen atoms in total. The van der Waals surface area contributed by atoms with Gasteiger partial charge in [0.1, 0.15) is 18.0 Å². The van der Waals surface area contributed by atoms with E-state index in [2.05, 4.69) is 32.8 Å². The summed E-state index contributed by atoms with van der Waals surface area (Å²) in [6.45, 7) is 5.84. The number of anilines is 2. The van der Waals surface area contributed by atoms with Gasteiger partial charge in [-0.25, -0.2) is 19.7 Å². The van der Waals surface area contributed by atoms with Gasteiger partial charge in [0.25, 0.3) is 0 Å². The van der Waals surface area contributed by atoms with E-state index < -0.39 is 5.97 Å². The van der Waals surface area contributed by atoms with Crippen molar-refractivity contribution in [3.8, 4) is 0 Å². The molecular formula is C20H24N6O2. The summed E-state index contributed by atoms with van der Waals surface area (Å²) in [5.74, 6) is 0.881. The standard InChI is InChI=1S/C20H24N6O2/c1-3-28-20(27)17-18(21)26(12-24-17)14-7-9-25(10-8-14)19-16-13(2)5-4-6-15(16)22-11-23-19/h4-6,11-12,14H,3,7-10,21H2,1-2H3. The molecule has 28 heavy (non-hydrogen) atoms. The molecule has 1 aliphatic rings. The fourth-order valence-electron chi connectivity index (χ4n) is 3.87. The average molecular weight is 380 g/mol. The van der Waals surface area contributed by atoms with Crippen molar-refractivity contribution in [2.75, 3.05) is 30.3 Å². The van der Waals surface area contributed by atoms with Crippen LogP contribution in [0.15, 0.2) is 30.9 Å². The van der Waals surface area contributed by atoms with Crippen LogP contribution in [-0.2, 0) is 4.74 Å². The average Bonchev–Trinajstić information content (AvgIpc) is 3.09. The van der Waals surface area contributed by atoms with Crippen molar-refractivity contribution in [1.82, 2.24) is 19.5 Å². The molecule has 1 fully saturated rings. The smallest absolute Gasteiger partial charge is 0.360 e. The minimum Gasteiger partial charge on any atom is -0.461 e. The van der Waals surface area contributed by atoms with Gasteiger partial charge in [-0.1, -0.05) is 12.1 Å². The molecule has 0 unspecified atom stereocenters. The van der Waals surface area contributed by atoms with E-state index in [1.54, 1.807) is 19.6 Å². The number of hydrogen-bond acceptors (Lipinski definition) is 7. The van der Waals surface area contributed by atoms with Crippen LogP contribution >= 0.6 is 0 Å². The number of nitrogens with zero attached hydrogens (tertiary/aromatic N) is 5. The molecule has 0 amide bonds. The predicted octanol–water partition coefficient (Wildman–Crippen LogP) is 2.74. The Kier molecular flexibility index (Phi) is 4.85. The fraction of sp³-hybridized carbons (Fsp3) is 0.400. The van der Waals surface area contributed by atoms with Crippen molar-refractivity contribution < 1.29 is 9.53 Å². The summed E-state index contributed by atoms with van der Waals surface area (Å²) in [5.41, 5.74) is 8.50. The molecule has 0 bridgehead atoms. The molecule has 1 aliphatic heterocycles. The van der Waals surface area contributed by atoms with Crippen LogP contribution < -0.4 is 10.6 Å². The SMILES string of the molecule is CCOC(=O)c1ncn(C2CCN(c3ncnc4cccc(C)c34)CC2)c1N. The number of piperidine rings is 1. The zero-order valence-corrected chi connectivity index (χ0v) is 16.1. The lowest BCUT2D eigenvalue weighted by Crippen LogP contribution is -2.35. The first-order valence-electron chi connectivity index (χ1n) is 9.54. The number of fused-ring (bicyclic) bond motifs is 1. The number of benzene rings is 1. The number of hydrogen-bond donors (Lipinski definition) is 1. The highest BCUT2D eigenvalue weighted by Crippen LogP contribution is 2.32. The molecule has 1 aromatic carbocycles. The monoisotopic (exact) mass is 380 g/mol. The van der Waals surface area contributed by atoms with Gasteiger partial charge in [0.2, 0.25) is 0 Å². The highest BCUT2D eigenvalue weighted by molar-refractivity contribution is 5.92. The van der Waals surface area contributed by atoms with Gasteiger partial charge in [-0.2, -0.15) is 0 Å². The summed E-state index contributed by atoms with van der Waals surface area (Å²) in [5, 5.41) is 1.11. The number of nitrogens with two attached hydrogens (primary N) is 1. The van der Waals surface area contributed by atoms with Gasteiger partial charge < -0.3 is 19.9 Å². The van der Waals surface area contributed by atoms with Gasteiger partial charge in [0.15, 0.2) is 5.69 Å². The first-order valence-corrected chi connectivity index (χ1v) is 9.54. The van der Waals surface area contributed by atoms with E-state index in [1.165, 1.54) is 5.56 Å². The highest BCUT2D eigenvalue weighted by atomic mass is 16.5. The lowest BCUT2D eigenvalue weighted by molar-refractivity contribution is 0.0521. The molecule has 1 saturated heterocycles. The van der Waals surface area contributed by atoms with Crippen molar-refractivity contribution >= 4 is 28.5 Å². The van der Waals surface area contributed by atoms with E-state index in [1.807, 2.05) is 16.7 Å². The number of ether oxygens (including phenoxy) is 1. The van der Waals surface area contributed by atoms with E-state index in [0.717, 1.165) is 42.7 Å². The number of rotatable bonds is 4. The fourth-order valence-corrected chi connectivity index (χ4v) is 3.87. The maximum atomic E-state index is 12.0. The van der Waals surface area contributed by atoms with Crippen molar-refractivity contribution in [2.24, 2.45) is 0 Å². The third kappa shape index (κ3) is 3.15. The number of aromatic nitrogens is 4.